The summed E-state index contributed by atoms with van der Waals surface area (Å²) in [5, 5.41) is 1.20. The summed E-state index contributed by atoms with van der Waals surface area (Å²) in [6.07, 6.45) is 1.12. The summed E-state index contributed by atoms with van der Waals surface area (Å²) in [4.78, 5) is 3.46. The van der Waals surface area contributed by atoms with E-state index in [4.69, 9.17) is 5.73 Å². The van der Waals surface area contributed by atoms with Crippen molar-refractivity contribution in [3.05, 3.63) is 30.0 Å². The molecule has 3 N–H and O–H groups in total. The lowest BCUT2D eigenvalue weighted by atomic mass is 9.86. The summed E-state index contributed by atoms with van der Waals surface area (Å²) >= 11 is 0. The lowest BCUT2D eigenvalue weighted by molar-refractivity contribution is 0.494. The molecule has 1 aromatic carbocycles. The number of hydrogen-bond donors (Lipinski definition) is 2. The van der Waals surface area contributed by atoms with E-state index >= 15 is 0 Å². The van der Waals surface area contributed by atoms with Crippen molar-refractivity contribution in [2.75, 3.05) is 5.73 Å². The first-order chi connectivity index (χ1) is 7.03. The number of aromatic amines is 1. The van der Waals surface area contributed by atoms with Gasteiger partial charge in [0.2, 0.25) is 0 Å². The first-order valence-electron chi connectivity index (χ1n) is 5.41. The molecule has 0 aliphatic rings. The fourth-order valence-corrected chi connectivity index (χ4v) is 1.71. The van der Waals surface area contributed by atoms with Crippen LogP contribution in [0.5, 0.6) is 0 Å². The summed E-state index contributed by atoms with van der Waals surface area (Å²) < 4.78 is 0. The molecule has 1 heterocycles. The smallest absolute Gasteiger partial charge is 0.0457 e. The number of H-pyrrole nitrogens is 1. The van der Waals surface area contributed by atoms with Crippen LogP contribution in [0.2, 0.25) is 0 Å². The van der Waals surface area contributed by atoms with Gasteiger partial charge in [-0.2, -0.15) is 0 Å². The zero-order valence-corrected chi connectivity index (χ0v) is 9.59. The molecule has 2 rings (SSSR count). The number of anilines is 1. The average molecular weight is 202 g/mol. The van der Waals surface area contributed by atoms with E-state index < -0.39 is 0 Å². The van der Waals surface area contributed by atoms with Crippen LogP contribution in [0, 0.1) is 0 Å². The minimum Gasteiger partial charge on any atom is -0.399 e. The van der Waals surface area contributed by atoms with E-state index in [0.717, 1.165) is 12.1 Å². The van der Waals surface area contributed by atoms with E-state index in [1.54, 1.807) is 0 Å². The zero-order valence-electron chi connectivity index (χ0n) is 9.59. The highest BCUT2D eigenvalue weighted by atomic mass is 14.7. The van der Waals surface area contributed by atoms with Crippen molar-refractivity contribution < 1.29 is 0 Å². The van der Waals surface area contributed by atoms with Gasteiger partial charge in [0.15, 0.2) is 0 Å². The summed E-state index contributed by atoms with van der Waals surface area (Å²) in [6, 6.07) is 8.19. The molecule has 0 unspecified atom stereocenters. The fraction of sp³-hybridized carbons (Fsp3) is 0.385. The Morgan fingerprint density at radius 1 is 1.27 bits per heavy atom. The molecule has 0 spiro atoms. The van der Waals surface area contributed by atoms with Crippen molar-refractivity contribution in [2.24, 2.45) is 0 Å². The monoisotopic (exact) mass is 202 g/mol. The van der Waals surface area contributed by atoms with Gasteiger partial charge in [0.1, 0.15) is 0 Å². The lowest BCUT2D eigenvalue weighted by Gasteiger charge is -2.20. The molecular formula is C13H18N2. The molecule has 80 valence electrons. The van der Waals surface area contributed by atoms with Gasteiger partial charge in [0.05, 0.1) is 0 Å². The van der Waals surface area contributed by atoms with Crippen LogP contribution in [0.25, 0.3) is 10.9 Å². The third kappa shape index (κ3) is 1.72. The second kappa shape index (κ2) is 3.30. The second-order valence-corrected chi connectivity index (χ2v) is 4.77. The molecule has 0 amide bonds. The molecule has 0 aliphatic carbocycles. The van der Waals surface area contributed by atoms with E-state index in [1.165, 1.54) is 16.6 Å². The Hall–Kier alpha value is -1.44. The highest BCUT2D eigenvalue weighted by molar-refractivity contribution is 5.83. The van der Waals surface area contributed by atoms with Gasteiger partial charge in [0.25, 0.3) is 0 Å². The highest BCUT2D eigenvalue weighted by Crippen LogP contribution is 2.29. The molecule has 2 heteroatoms. The Morgan fingerprint density at radius 3 is 2.67 bits per heavy atom. The standard InChI is InChI=1S/C13H18N2/c1-4-13(2,3)12-8-9-7-10(14)5-6-11(9)15-12/h5-8,15H,4,14H2,1-3H3. The third-order valence-electron chi connectivity index (χ3n) is 3.26. The van der Waals surface area contributed by atoms with Crippen LogP contribution in [-0.4, -0.2) is 4.98 Å². The van der Waals surface area contributed by atoms with E-state index in [9.17, 15) is 0 Å². The van der Waals surface area contributed by atoms with Crippen molar-refractivity contribution in [1.29, 1.82) is 0 Å². The normalized spacial score (nSPS) is 12.2. The SMILES string of the molecule is CCC(C)(C)c1cc2cc(N)ccc2[nH]1. The Kier molecular flexibility index (Phi) is 2.22. The van der Waals surface area contributed by atoms with Gasteiger partial charge in [-0.05, 0) is 30.7 Å². The van der Waals surface area contributed by atoms with Gasteiger partial charge in [0, 0.05) is 27.7 Å². The predicted molar refractivity (Wildman–Crippen MR) is 66.0 cm³/mol. The van der Waals surface area contributed by atoms with Crippen LogP contribution in [0.4, 0.5) is 5.69 Å². The number of aromatic nitrogens is 1. The Balaban J connectivity index is 2.56. The zero-order chi connectivity index (χ0) is 11.1. The molecule has 0 atom stereocenters. The summed E-state index contributed by atoms with van der Waals surface area (Å²) in [5.41, 5.74) is 9.23. The van der Waals surface area contributed by atoms with Crippen molar-refractivity contribution >= 4 is 16.6 Å². The van der Waals surface area contributed by atoms with E-state index in [2.05, 4.69) is 31.8 Å². The molecule has 0 aliphatic heterocycles. The number of nitrogens with two attached hydrogens (primary N) is 1. The summed E-state index contributed by atoms with van der Waals surface area (Å²) in [6.45, 7) is 6.71. The fourth-order valence-electron chi connectivity index (χ4n) is 1.71. The molecule has 0 saturated heterocycles. The number of nitrogen functional groups attached to an aromatic ring is 1. The summed E-state index contributed by atoms with van der Waals surface area (Å²) in [7, 11) is 0. The van der Waals surface area contributed by atoms with Crippen LogP contribution in [0.1, 0.15) is 32.9 Å². The summed E-state index contributed by atoms with van der Waals surface area (Å²) in [5.74, 6) is 0. The predicted octanol–water partition coefficient (Wildman–Crippen LogP) is 3.44. The first-order valence-corrected chi connectivity index (χ1v) is 5.41. The van der Waals surface area contributed by atoms with Crippen LogP contribution in [0.3, 0.4) is 0 Å². The largest absolute Gasteiger partial charge is 0.399 e. The average Bonchev–Trinajstić information content (AvgIpc) is 2.61. The maximum absolute atomic E-state index is 5.76. The molecule has 2 nitrogen and oxygen atoms in total. The van der Waals surface area contributed by atoms with Gasteiger partial charge in [-0.1, -0.05) is 20.8 Å². The van der Waals surface area contributed by atoms with Gasteiger partial charge in [-0.3, -0.25) is 0 Å². The number of fused-ring (bicyclic) bond motifs is 1. The minimum absolute atomic E-state index is 0.202. The second-order valence-electron chi connectivity index (χ2n) is 4.77. The van der Waals surface area contributed by atoms with Crippen molar-refractivity contribution in [3.8, 4) is 0 Å². The van der Waals surface area contributed by atoms with E-state index in [1.807, 2.05) is 18.2 Å². The van der Waals surface area contributed by atoms with E-state index in [0.29, 0.717) is 0 Å². The highest BCUT2D eigenvalue weighted by Gasteiger charge is 2.19. The van der Waals surface area contributed by atoms with Gasteiger partial charge in [-0.15, -0.1) is 0 Å². The molecule has 1 aromatic heterocycles. The van der Waals surface area contributed by atoms with Gasteiger partial charge >= 0.3 is 0 Å². The van der Waals surface area contributed by atoms with Crippen LogP contribution >= 0.6 is 0 Å². The molecule has 2 aromatic rings. The molecular weight excluding hydrogens is 184 g/mol. The van der Waals surface area contributed by atoms with Gasteiger partial charge < -0.3 is 10.7 Å². The lowest BCUT2D eigenvalue weighted by Crippen LogP contribution is -2.15. The molecule has 15 heavy (non-hydrogen) atoms. The number of nitrogens with one attached hydrogen (secondary N) is 1. The maximum Gasteiger partial charge on any atom is 0.0457 e. The van der Waals surface area contributed by atoms with Crippen molar-refractivity contribution in [1.82, 2.24) is 4.98 Å². The Morgan fingerprint density at radius 2 is 2.00 bits per heavy atom. The van der Waals surface area contributed by atoms with Crippen LogP contribution in [0.15, 0.2) is 24.3 Å². The van der Waals surface area contributed by atoms with Gasteiger partial charge in [-0.25, -0.2) is 0 Å². The first kappa shape index (κ1) is 10.1. The molecule has 0 bridgehead atoms. The number of benzene rings is 1. The Bertz CT molecular complexity index is 480. The quantitative estimate of drug-likeness (QED) is 0.720. The Labute approximate surface area is 90.5 Å². The maximum atomic E-state index is 5.76. The number of hydrogen-bond acceptors (Lipinski definition) is 1. The topological polar surface area (TPSA) is 41.8 Å². The number of rotatable bonds is 2. The van der Waals surface area contributed by atoms with Crippen LogP contribution < -0.4 is 5.73 Å². The molecule has 0 radical (unpaired) electrons. The minimum atomic E-state index is 0.202. The molecule has 0 saturated carbocycles. The van der Waals surface area contributed by atoms with Crippen molar-refractivity contribution in [3.63, 3.8) is 0 Å². The van der Waals surface area contributed by atoms with Crippen molar-refractivity contribution in [2.45, 2.75) is 32.6 Å². The molecule has 0 fully saturated rings. The third-order valence-corrected chi connectivity index (χ3v) is 3.26. The van der Waals surface area contributed by atoms with E-state index in [-0.39, 0.29) is 5.41 Å². The van der Waals surface area contributed by atoms with Crippen LogP contribution in [-0.2, 0) is 5.41 Å².